The van der Waals surface area contributed by atoms with Crippen molar-refractivity contribution in [2.45, 2.75) is 25.7 Å². The molecule has 6 nitrogen and oxygen atoms in total. The zero-order valence-corrected chi connectivity index (χ0v) is 17.0. The smallest absolute Gasteiger partial charge is 0.321 e. The third kappa shape index (κ3) is 5.07. The Bertz CT molecular complexity index is 863. The summed E-state index contributed by atoms with van der Waals surface area (Å²) in [7, 11) is 0. The van der Waals surface area contributed by atoms with E-state index in [9.17, 15) is 9.59 Å². The van der Waals surface area contributed by atoms with Crippen molar-refractivity contribution >= 4 is 28.4 Å². The standard InChI is InChI=1S/C23H30N4O2/c28-22(18-25-11-4-1-5-12-25)26-13-6-14-27(16-15-26)23(29)24-21-10-9-19-7-2-3-8-20(19)17-21/h2-3,7-10,17H,1,4-6,11-16,18H2,(H,24,29). The van der Waals surface area contributed by atoms with Gasteiger partial charge in [-0.3, -0.25) is 9.69 Å². The molecule has 6 heteroatoms. The lowest BCUT2D eigenvalue weighted by molar-refractivity contribution is -0.132. The van der Waals surface area contributed by atoms with Crippen molar-refractivity contribution < 1.29 is 9.59 Å². The fraction of sp³-hybridized carbons (Fsp3) is 0.478. The molecule has 0 atom stereocenters. The first-order chi connectivity index (χ1) is 14.2. The van der Waals surface area contributed by atoms with E-state index in [1.807, 2.05) is 46.2 Å². The minimum atomic E-state index is -0.0920. The predicted octanol–water partition coefficient (Wildman–Crippen LogP) is 3.39. The molecule has 0 spiro atoms. The first-order valence-corrected chi connectivity index (χ1v) is 10.7. The summed E-state index contributed by atoms with van der Waals surface area (Å²) >= 11 is 0. The second kappa shape index (κ2) is 9.27. The Kier molecular flexibility index (Phi) is 6.30. The minimum Gasteiger partial charge on any atom is -0.340 e. The van der Waals surface area contributed by atoms with Crippen LogP contribution in [0.2, 0.25) is 0 Å². The monoisotopic (exact) mass is 394 g/mol. The number of rotatable bonds is 3. The number of fused-ring (bicyclic) bond motifs is 1. The molecule has 2 saturated heterocycles. The number of hydrogen-bond acceptors (Lipinski definition) is 3. The molecule has 0 bridgehead atoms. The van der Waals surface area contributed by atoms with Gasteiger partial charge in [0.25, 0.3) is 0 Å². The SMILES string of the molecule is O=C(CN1CCCCC1)N1CCCN(C(=O)Nc2ccc3ccccc3c2)CC1. The van der Waals surface area contributed by atoms with E-state index in [1.165, 1.54) is 19.3 Å². The molecule has 154 valence electrons. The van der Waals surface area contributed by atoms with Gasteiger partial charge in [-0.15, -0.1) is 0 Å². The normalized spacial score (nSPS) is 18.5. The highest BCUT2D eigenvalue weighted by Crippen LogP contribution is 2.19. The minimum absolute atomic E-state index is 0.0920. The Balaban J connectivity index is 1.31. The molecule has 3 amide bonds. The van der Waals surface area contributed by atoms with Gasteiger partial charge in [-0.1, -0.05) is 36.8 Å². The molecule has 0 aromatic heterocycles. The van der Waals surface area contributed by atoms with Crippen LogP contribution in [0.3, 0.4) is 0 Å². The third-order valence-electron chi connectivity index (χ3n) is 5.94. The van der Waals surface area contributed by atoms with Crippen LogP contribution in [0.15, 0.2) is 42.5 Å². The molecule has 29 heavy (non-hydrogen) atoms. The molecule has 2 aromatic carbocycles. The zero-order chi connectivity index (χ0) is 20.1. The number of nitrogens with zero attached hydrogens (tertiary/aromatic N) is 3. The third-order valence-corrected chi connectivity index (χ3v) is 5.94. The summed E-state index contributed by atoms with van der Waals surface area (Å²) in [6.07, 6.45) is 4.47. The fourth-order valence-corrected chi connectivity index (χ4v) is 4.25. The van der Waals surface area contributed by atoms with E-state index < -0.39 is 0 Å². The fourth-order valence-electron chi connectivity index (χ4n) is 4.25. The summed E-state index contributed by atoms with van der Waals surface area (Å²) in [4.78, 5) is 31.4. The lowest BCUT2D eigenvalue weighted by atomic mass is 10.1. The van der Waals surface area contributed by atoms with Gasteiger partial charge < -0.3 is 15.1 Å². The molecule has 2 aromatic rings. The number of carbonyl (C=O) groups excluding carboxylic acids is 2. The van der Waals surface area contributed by atoms with Crippen molar-refractivity contribution in [3.63, 3.8) is 0 Å². The summed E-state index contributed by atoms with van der Waals surface area (Å²) in [5, 5.41) is 5.28. The maximum atomic E-state index is 12.8. The van der Waals surface area contributed by atoms with Crippen LogP contribution in [0, 0.1) is 0 Å². The van der Waals surface area contributed by atoms with Crippen molar-refractivity contribution in [2.24, 2.45) is 0 Å². The molecule has 1 N–H and O–H groups in total. The van der Waals surface area contributed by atoms with Crippen LogP contribution in [-0.4, -0.2) is 72.5 Å². The van der Waals surface area contributed by atoms with E-state index in [2.05, 4.69) is 16.3 Å². The second-order valence-electron chi connectivity index (χ2n) is 8.05. The van der Waals surface area contributed by atoms with Gasteiger partial charge in [0, 0.05) is 31.9 Å². The van der Waals surface area contributed by atoms with Gasteiger partial charge >= 0.3 is 6.03 Å². The van der Waals surface area contributed by atoms with Gasteiger partial charge in [-0.05, 0) is 55.3 Å². The summed E-state index contributed by atoms with van der Waals surface area (Å²) in [6, 6.07) is 14.0. The van der Waals surface area contributed by atoms with E-state index in [1.54, 1.807) is 0 Å². The Labute approximate surface area is 172 Å². The summed E-state index contributed by atoms with van der Waals surface area (Å²) in [6.45, 7) is 5.16. The van der Waals surface area contributed by atoms with Gasteiger partial charge in [-0.25, -0.2) is 4.79 Å². The first-order valence-electron chi connectivity index (χ1n) is 10.7. The number of urea groups is 1. The molecule has 2 heterocycles. The lowest BCUT2D eigenvalue weighted by Crippen LogP contribution is -2.44. The first kappa shape index (κ1) is 19.7. The predicted molar refractivity (Wildman–Crippen MR) is 116 cm³/mol. The highest BCUT2D eigenvalue weighted by Gasteiger charge is 2.24. The molecule has 0 saturated carbocycles. The van der Waals surface area contributed by atoms with Crippen LogP contribution in [0.5, 0.6) is 0 Å². The number of piperidine rings is 1. The second-order valence-corrected chi connectivity index (χ2v) is 8.05. The van der Waals surface area contributed by atoms with Crippen LogP contribution in [-0.2, 0) is 4.79 Å². The molecular weight excluding hydrogens is 364 g/mol. The molecule has 0 radical (unpaired) electrons. The molecule has 0 aliphatic carbocycles. The number of benzene rings is 2. The van der Waals surface area contributed by atoms with Crippen molar-refractivity contribution in [1.82, 2.24) is 14.7 Å². The molecular formula is C23H30N4O2. The van der Waals surface area contributed by atoms with Crippen molar-refractivity contribution in [3.05, 3.63) is 42.5 Å². The average molecular weight is 395 g/mol. The average Bonchev–Trinajstić information content (AvgIpc) is 3.01. The number of amides is 3. The summed E-state index contributed by atoms with van der Waals surface area (Å²) in [5.41, 5.74) is 0.802. The lowest BCUT2D eigenvalue weighted by Gasteiger charge is -2.29. The van der Waals surface area contributed by atoms with Gasteiger partial charge in [-0.2, -0.15) is 0 Å². The Hall–Kier alpha value is -2.60. The Morgan fingerprint density at radius 3 is 2.31 bits per heavy atom. The van der Waals surface area contributed by atoms with Crippen LogP contribution >= 0.6 is 0 Å². The number of nitrogens with one attached hydrogen (secondary N) is 1. The van der Waals surface area contributed by atoms with Crippen LogP contribution in [0.1, 0.15) is 25.7 Å². The van der Waals surface area contributed by atoms with Gasteiger partial charge in [0.2, 0.25) is 5.91 Å². The van der Waals surface area contributed by atoms with E-state index in [-0.39, 0.29) is 11.9 Å². The number of anilines is 1. The maximum Gasteiger partial charge on any atom is 0.321 e. The topological polar surface area (TPSA) is 55.9 Å². The van der Waals surface area contributed by atoms with Crippen LogP contribution in [0.25, 0.3) is 10.8 Å². The van der Waals surface area contributed by atoms with E-state index in [4.69, 9.17) is 0 Å². The zero-order valence-electron chi connectivity index (χ0n) is 17.0. The van der Waals surface area contributed by atoms with Crippen molar-refractivity contribution in [2.75, 3.05) is 51.1 Å². The Morgan fingerprint density at radius 1 is 0.759 bits per heavy atom. The number of hydrogen-bond donors (Lipinski definition) is 1. The quantitative estimate of drug-likeness (QED) is 0.868. The maximum absolute atomic E-state index is 12.8. The van der Waals surface area contributed by atoms with Gasteiger partial charge in [0.15, 0.2) is 0 Å². The summed E-state index contributed by atoms with van der Waals surface area (Å²) in [5.74, 6) is 0.198. The van der Waals surface area contributed by atoms with Crippen molar-refractivity contribution in [3.8, 4) is 0 Å². The molecule has 4 rings (SSSR count). The Morgan fingerprint density at radius 2 is 1.48 bits per heavy atom. The highest BCUT2D eigenvalue weighted by molar-refractivity contribution is 5.93. The largest absolute Gasteiger partial charge is 0.340 e. The molecule has 0 unspecified atom stereocenters. The van der Waals surface area contributed by atoms with Gasteiger partial charge in [0.1, 0.15) is 0 Å². The van der Waals surface area contributed by atoms with Crippen LogP contribution < -0.4 is 5.32 Å². The van der Waals surface area contributed by atoms with Gasteiger partial charge in [0.05, 0.1) is 6.54 Å². The van der Waals surface area contributed by atoms with E-state index in [0.717, 1.165) is 42.5 Å². The number of carbonyl (C=O) groups is 2. The van der Waals surface area contributed by atoms with Crippen molar-refractivity contribution in [1.29, 1.82) is 0 Å². The van der Waals surface area contributed by atoms with Crippen LogP contribution in [0.4, 0.5) is 10.5 Å². The van der Waals surface area contributed by atoms with E-state index >= 15 is 0 Å². The highest BCUT2D eigenvalue weighted by atomic mass is 16.2. The molecule has 2 aliphatic rings. The summed E-state index contributed by atoms with van der Waals surface area (Å²) < 4.78 is 0. The molecule has 2 fully saturated rings. The number of likely N-dealkylation sites (tertiary alicyclic amines) is 1. The molecule has 2 aliphatic heterocycles. The van der Waals surface area contributed by atoms with E-state index in [0.29, 0.717) is 26.2 Å².